The van der Waals surface area contributed by atoms with Crippen molar-refractivity contribution in [2.45, 2.75) is 6.54 Å². The molecule has 0 saturated heterocycles. The van der Waals surface area contributed by atoms with Gasteiger partial charge in [-0.3, -0.25) is 4.99 Å². The summed E-state index contributed by atoms with van der Waals surface area (Å²) >= 11 is 1.63. The number of thiazole rings is 1. The summed E-state index contributed by atoms with van der Waals surface area (Å²) < 4.78 is 5.63. The highest BCUT2D eigenvalue weighted by atomic mass is 127. The molecule has 0 aliphatic heterocycles. The SMILES string of the molecule is CN=C(NCCOc1ccccc1)NCc1csc(N(C)C)n1.I. The van der Waals surface area contributed by atoms with E-state index < -0.39 is 0 Å². The monoisotopic (exact) mass is 461 g/mol. The molecular formula is C16H24IN5OS. The topological polar surface area (TPSA) is 61.8 Å². The number of hydrogen-bond acceptors (Lipinski definition) is 5. The minimum atomic E-state index is 0. The second-order valence-electron chi connectivity index (χ2n) is 5.03. The molecule has 0 bridgehead atoms. The van der Waals surface area contributed by atoms with Crippen molar-refractivity contribution in [2.75, 3.05) is 39.2 Å². The fourth-order valence-corrected chi connectivity index (χ4v) is 2.59. The molecule has 2 aromatic rings. The van der Waals surface area contributed by atoms with Crippen LogP contribution in [0.2, 0.25) is 0 Å². The van der Waals surface area contributed by atoms with Gasteiger partial charge in [-0.2, -0.15) is 0 Å². The summed E-state index contributed by atoms with van der Waals surface area (Å²) in [5.74, 6) is 1.61. The Balaban J connectivity index is 0.00000288. The lowest BCUT2D eigenvalue weighted by Crippen LogP contribution is -2.38. The van der Waals surface area contributed by atoms with Gasteiger partial charge in [0.2, 0.25) is 0 Å². The summed E-state index contributed by atoms with van der Waals surface area (Å²) in [6.45, 7) is 1.89. The number of guanidine groups is 1. The first-order valence-corrected chi connectivity index (χ1v) is 8.31. The molecule has 0 aliphatic rings. The van der Waals surface area contributed by atoms with Crippen molar-refractivity contribution >= 4 is 46.4 Å². The molecule has 24 heavy (non-hydrogen) atoms. The van der Waals surface area contributed by atoms with Gasteiger partial charge in [-0.1, -0.05) is 18.2 Å². The normalized spacial score (nSPS) is 10.7. The highest BCUT2D eigenvalue weighted by Crippen LogP contribution is 2.17. The van der Waals surface area contributed by atoms with E-state index in [9.17, 15) is 0 Å². The molecular weight excluding hydrogens is 437 g/mol. The third-order valence-corrected chi connectivity index (χ3v) is 4.05. The third-order valence-electron chi connectivity index (χ3n) is 2.99. The van der Waals surface area contributed by atoms with E-state index in [0.717, 1.165) is 22.5 Å². The maximum Gasteiger partial charge on any atom is 0.191 e. The van der Waals surface area contributed by atoms with Crippen LogP contribution in [0.1, 0.15) is 5.69 Å². The number of nitrogens with one attached hydrogen (secondary N) is 2. The average Bonchev–Trinajstić information content (AvgIpc) is 3.04. The standard InChI is InChI=1S/C16H23N5OS.HI/c1-17-15(18-9-10-22-14-7-5-4-6-8-14)19-11-13-12-23-16(20-13)21(2)3;/h4-8,12H,9-11H2,1-3H3,(H2,17,18,19);1H. The van der Waals surface area contributed by atoms with E-state index in [1.807, 2.05) is 54.7 Å². The molecule has 0 spiro atoms. The summed E-state index contributed by atoms with van der Waals surface area (Å²) in [5.41, 5.74) is 1.00. The lowest BCUT2D eigenvalue weighted by Gasteiger charge is -2.12. The summed E-state index contributed by atoms with van der Waals surface area (Å²) in [6, 6.07) is 9.77. The smallest absolute Gasteiger partial charge is 0.191 e. The Hall–Kier alpha value is -1.55. The summed E-state index contributed by atoms with van der Waals surface area (Å²) in [4.78, 5) is 10.7. The molecule has 1 aromatic heterocycles. The molecule has 0 fully saturated rings. The van der Waals surface area contributed by atoms with E-state index in [1.165, 1.54) is 0 Å². The van der Waals surface area contributed by atoms with Gasteiger partial charge in [0.25, 0.3) is 0 Å². The quantitative estimate of drug-likeness (QED) is 0.287. The van der Waals surface area contributed by atoms with E-state index in [-0.39, 0.29) is 24.0 Å². The number of benzene rings is 1. The fraction of sp³-hybridized carbons (Fsp3) is 0.375. The maximum absolute atomic E-state index is 5.63. The number of aliphatic imine (C=N–C) groups is 1. The minimum Gasteiger partial charge on any atom is -0.492 e. The van der Waals surface area contributed by atoms with Crippen molar-refractivity contribution in [2.24, 2.45) is 4.99 Å². The molecule has 0 radical (unpaired) electrons. The van der Waals surface area contributed by atoms with E-state index in [2.05, 4.69) is 20.6 Å². The largest absolute Gasteiger partial charge is 0.492 e. The van der Waals surface area contributed by atoms with Gasteiger partial charge in [0, 0.05) is 26.5 Å². The van der Waals surface area contributed by atoms with Crippen molar-refractivity contribution in [3.8, 4) is 5.75 Å². The molecule has 0 saturated carbocycles. The van der Waals surface area contributed by atoms with Gasteiger partial charge in [-0.25, -0.2) is 4.98 Å². The summed E-state index contributed by atoms with van der Waals surface area (Å²) in [7, 11) is 5.73. The van der Waals surface area contributed by atoms with Crippen LogP contribution >= 0.6 is 35.3 Å². The zero-order valence-corrected chi connectivity index (χ0v) is 17.3. The first-order valence-electron chi connectivity index (χ1n) is 7.43. The molecule has 6 nitrogen and oxygen atoms in total. The fourth-order valence-electron chi connectivity index (χ4n) is 1.83. The number of hydrogen-bond donors (Lipinski definition) is 2. The van der Waals surface area contributed by atoms with Crippen LogP contribution in [0, 0.1) is 0 Å². The van der Waals surface area contributed by atoms with Crippen molar-refractivity contribution in [3.05, 3.63) is 41.4 Å². The Morgan fingerprint density at radius 1 is 1.25 bits per heavy atom. The molecule has 0 amide bonds. The highest BCUT2D eigenvalue weighted by Gasteiger charge is 2.04. The molecule has 132 valence electrons. The van der Waals surface area contributed by atoms with Gasteiger partial charge >= 0.3 is 0 Å². The Bertz CT molecular complexity index is 618. The zero-order valence-electron chi connectivity index (χ0n) is 14.2. The van der Waals surface area contributed by atoms with Crippen LogP contribution in [0.3, 0.4) is 0 Å². The van der Waals surface area contributed by atoms with E-state index >= 15 is 0 Å². The number of nitrogens with zero attached hydrogens (tertiary/aromatic N) is 3. The highest BCUT2D eigenvalue weighted by molar-refractivity contribution is 14.0. The number of aromatic nitrogens is 1. The molecule has 1 aromatic carbocycles. The predicted octanol–water partition coefficient (Wildman–Crippen LogP) is 2.57. The van der Waals surface area contributed by atoms with Gasteiger partial charge in [-0.15, -0.1) is 35.3 Å². The Kier molecular flexibility index (Phi) is 9.46. The van der Waals surface area contributed by atoms with Crippen LogP contribution in [0.15, 0.2) is 40.7 Å². The minimum absolute atomic E-state index is 0. The van der Waals surface area contributed by atoms with Gasteiger partial charge in [0.15, 0.2) is 11.1 Å². The van der Waals surface area contributed by atoms with E-state index in [4.69, 9.17) is 4.74 Å². The van der Waals surface area contributed by atoms with E-state index in [0.29, 0.717) is 19.7 Å². The Morgan fingerprint density at radius 3 is 2.62 bits per heavy atom. The maximum atomic E-state index is 5.63. The lowest BCUT2D eigenvalue weighted by atomic mass is 10.3. The molecule has 0 unspecified atom stereocenters. The predicted molar refractivity (Wildman–Crippen MR) is 112 cm³/mol. The molecule has 8 heteroatoms. The molecule has 0 aliphatic carbocycles. The number of rotatable bonds is 7. The Labute approximate surface area is 164 Å². The third kappa shape index (κ3) is 6.91. The van der Waals surface area contributed by atoms with Crippen LogP contribution in [0.5, 0.6) is 5.75 Å². The van der Waals surface area contributed by atoms with Crippen LogP contribution in [-0.2, 0) is 6.54 Å². The second kappa shape index (κ2) is 11.1. The number of halogens is 1. The van der Waals surface area contributed by atoms with Crippen molar-refractivity contribution in [1.82, 2.24) is 15.6 Å². The van der Waals surface area contributed by atoms with E-state index in [1.54, 1.807) is 18.4 Å². The lowest BCUT2D eigenvalue weighted by molar-refractivity contribution is 0.322. The average molecular weight is 461 g/mol. The first kappa shape index (κ1) is 20.5. The molecule has 0 atom stereocenters. The Morgan fingerprint density at radius 2 is 2.00 bits per heavy atom. The molecule has 2 rings (SSSR count). The van der Waals surface area contributed by atoms with Gasteiger partial charge < -0.3 is 20.3 Å². The van der Waals surface area contributed by atoms with Crippen molar-refractivity contribution in [1.29, 1.82) is 0 Å². The zero-order chi connectivity index (χ0) is 16.5. The van der Waals surface area contributed by atoms with Gasteiger partial charge in [-0.05, 0) is 12.1 Å². The number of ether oxygens (including phenoxy) is 1. The van der Waals surface area contributed by atoms with Crippen molar-refractivity contribution < 1.29 is 4.74 Å². The van der Waals surface area contributed by atoms with Crippen molar-refractivity contribution in [3.63, 3.8) is 0 Å². The number of para-hydroxylation sites is 1. The van der Waals surface area contributed by atoms with Crippen LogP contribution in [-0.4, -0.2) is 45.2 Å². The summed E-state index contributed by atoms with van der Waals surface area (Å²) in [5, 5.41) is 9.51. The van der Waals surface area contributed by atoms with Crippen LogP contribution in [0.4, 0.5) is 5.13 Å². The summed E-state index contributed by atoms with van der Waals surface area (Å²) in [6.07, 6.45) is 0. The second-order valence-corrected chi connectivity index (χ2v) is 5.87. The first-order chi connectivity index (χ1) is 11.2. The van der Waals surface area contributed by atoms with Gasteiger partial charge in [0.05, 0.1) is 18.8 Å². The van der Waals surface area contributed by atoms with Gasteiger partial charge in [0.1, 0.15) is 12.4 Å². The molecule has 1 heterocycles. The number of anilines is 1. The van der Waals surface area contributed by atoms with Crippen LogP contribution < -0.4 is 20.3 Å². The molecule has 2 N–H and O–H groups in total. The van der Waals surface area contributed by atoms with Crippen LogP contribution in [0.25, 0.3) is 0 Å².